The van der Waals surface area contributed by atoms with Gasteiger partial charge in [0.25, 0.3) is 0 Å². The van der Waals surface area contributed by atoms with Gasteiger partial charge in [0, 0.05) is 10.3 Å². The average molecular weight is 261 g/mol. The highest BCUT2D eigenvalue weighted by molar-refractivity contribution is 7.19. The number of benzene rings is 2. The van der Waals surface area contributed by atoms with E-state index in [1.165, 1.54) is 0 Å². The lowest BCUT2D eigenvalue weighted by molar-refractivity contribution is 0.481. The number of phenolic OH excluding ortho intramolecular Hbond substituents is 1. The highest BCUT2D eigenvalue weighted by Crippen LogP contribution is 2.37. The second kappa shape index (κ2) is 4.06. The first-order valence-electron chi connectivity index (χ1n) is 5.22. The summed E-state index contributed by atoms with van der Waals surface area (Å²) in [5, 5.41) is 11.7. The summed E-state index contributed by atoms with van der Waals surface area (Å²) in [4.78, 5) is 1.12. The van der Waals surface area contributed by atoms with Crippen molar-refractivity contribution in [3.63, 3.8) is 0 Å². The molecule has 0 fully saturated rings. The Bertz CT molecular complexity index is 688. The summed E-state index contributed by atoms with van der Waals surface area (Å²) in [5.41, 5.74) is 1.11. The van der Waals surface area contributed by atoms with Gasteiger partial charge in [0.15, 0.2) is 0 Å². The largest absolute Gasteiger partial charge is 0.507 e. The first kappa shape index (κ1) is 10.6. The van der Waals surface area contributed by atoms with Crippen LogP contribution in [0.2, 0.25) is 4.34 Å². The second-order valence-corrected chi connectivity index (χ2v) is 5.50. The summed E-state index contributed by atoms with van der Waals surface area (Å²) in [7, 11) is 0. The first-order chi connectivity index (χ1) is 8.25. The van der Waals surface area contributed by atoms with Crippen LogP contribution in [-0.2, 0) is 0 Å². The Morgan fingerprint density at radius 3 is 2.41 bits per heavy atom. The Morgan fingerprint density at radius 2 is 1.65 bits per heavy atom. The van der Waals surface area contributed by atoms with E-state index in [1.807, 2.05) is 42.5 Å². The van der Waals surface area contributed by atoms with E-state index in [0.29, 0.717) is 5.75 Å². The van der Waals surface area contributed by atoms with Crippen LogP contribution < -0.4 is 0 Å². The lowest BCUT2D eigenvalue weighted by Crippen LogP contribution is -1.78. The van der Waals surface area contributed by atoms with Gasteiger partial charge in [0.1, 0.15) is 5.75 Å². The summed E-state index contributed by atoms with van der Waals surface area (Å²) >= 11 is 7.51. The maximum absolute atomic E-state index is 9.83. The van der Waals surface area contributed by atoms with Crippen molar-refractivity contribution in [2.24, 2.45) is 0 Å². The molecule has 17 heavy (non-hydrogen) atoms. The number of aromatic hydroxyl groups is 1. The monoisotopic (exact) mass is 260 g/mol. The number of phenols is 1. The molecule has 1 N–H and O–H groups in total. The van der Waals surface area contributed by atoms with Gasteiger partial charge in [-0.15, -0.1) is 11.3 Å². The molecule has 0 bridgehead atoms. The first-order valence-corrected chi connectivity index (χ1v) is 6.41. The molecule has 0 aliphatic carbocycles. The van der Waals surface area contributed by atoms with Crippen LogP contribution >= 0.6 is 22.9 Å². The fraction of sp³-hybridized carbons (Fsp3) is 0. The summed E-state index contributed by atoms with van der Waals surface area (Å²) in [5.74, 6) is 0.312. The zero-order valence-corrected chi connectivity index (χ0v) is 10.4. The molecule has 84 valence electrons. The number of thiophene rings is 1. The predicted octanol–water partition coefficient (Wildman–Crippen LogP) is 4.93. The Hall–Kier alpha value is -1.51. The smallest absolute Gasteiger partial charge is 0.123 e. The summed E-state index contributed by atoms with van der Waals surface area (Å²) < 4.78 is 0.775. The van der Waals surface area contributed by atoms with Crippen molar-refractivity contribution in [1.82, 2.24) is 0 Å². The predicted molar refractivity (Wildman–Crippen MR) is 73.9 cm³/mol. The molecule has 0 atom stereocenters. The molecule has 0 aliphatic rings. The fourth-order valence-corrected chi connectivity index (χ4v) is 3.05. The number of hydrogen-bond donors (Lipinski definition) is 1. The van der Waals surface area contributed by atoms with Gasteiger partial charge < -0.3 is 5.11 Å². The number of fused-ring (bicyclic) bond motifs is 1. The van der Waals surface area contributed by atoms with Gasteiger partial charge in [-0.25, -0.2) is 0 Å². The Balaban J connectivity index is 2.34. The van der Waals surface area contributed by atoms with E-state index in [9.17, 15) is 5.11 Å². The molecule has 1 nitrogen and oxygen atoms in total. The van der Waals surface area contributed by atoms with Gasteiger partial charge in [-0.05, 0) is 29.1 Å². The lowest BCUT2D eigenvalue weighted by atomic mass is 10.0. The minimum Gasteiger partial charge on any atom is -0.507 e. The van der Waals surface area contributed by atoms with E-state index in [2.05, 4.69) is 0 Å². The maximum Gasteiger partial charge on any atom is 0.123 e. The zero-order valence-electron chi connectivity index (χ0n) is 8.85. The van der Waals surface area contributed by atoms with Crippen molar-refractivity contribution in [1.29, 1.82) is 0 Å². The fourth-order valence-electron chi connectivity index (χ4n) is 1.97. The number of rotatable bonds is 1. The van der Waals surface area contributed by atoms with Gasteiger partial charge in [0.2, 0.25) is 0 Å². The molecule has 2 aromatic carbocycles. The third-order valence-corrected chi connectivity index (χ3v) is 4.00. The summed E-state index contributed by atoms with van der Waals surface area (Å²) in [6, 6.07) is 15.4. The number of halogens is 1. The molecule has 1 aromatic heterocycles. The van der Waals surface area contributed by atoms with Crippen molar-refractivity contribution < 1.29 is 5.11 Å². The van der Waals surface area contributed by atoms with Crippen LogP contribution in [0.3, 0.4) is 0 Å². The van der Waals surface area contributed by atoms with Crippen LogP contribution in [0, 0.1) is 0 Å². The highest BCUT2D eigenvalue weighted by atomic mass is 35.5. The minimum atomic E-state index is 0.312. The third kappa shape index (κ3) is 1.79. The van der Waals surface area contributed by atoms with E-state index in [4.69, 9.17) is 11.6 Å². The van der Waals surface area contributed by atoms with E-state index < -0.39 is 0 Å². The van der Waals surface area contributed by atoms with Crippen LogP contribution in [0.5, 0.6) is 5.75 Å². The normalized spacial score (nSPS) is 10.9. The quantitative estimate of drug-likeness (QED) is 0.658. The van der Waals surface area contributed by atoms with E-state index >= 15 is 0 Å². The maximum atomic E-state index is 9.83. The molecule has 0 spiro atoms. The standard InChI is InChI=1S/C14H9ClOS/c15-14-8-7-13(17-14)11-5-1-4-10-9(11)3-2-6-12(10)16/h1-8,16H. The molecule has 0 unspecified atom stereocenters. The molecule has 0 saturated carbocycles. The van der Waals surface area contributed by atoms with E-state index in [1.54, 1.807) is 17.4 Å². The lowest BCUT2D eigenvalue weighted by Gasteiger charge is -2.05. The van der Waals surface area contributed by atoms with Crippen LogP contribution in [0.15, 0.2) is 48.5 Å². The summed E-state index contributed by atoms with van der Waals surface area (Å²) in [6.07, 6.45) is 0. The van der Waals surface area contributed by atoms with Crippen LogP contribution in [0.4, 0.5) is 0 Å². The van der Waals surface area contributed by atoms with E-state index in [-0.39, 0.29) is 0 Å². The van der Waals surface area contributed by atoms with Gasteiger partial charge >= 0.3 is 0 Å². The van der Waals surface area contributed by atoms with Crippen LogP contribution in [0.1, 0.15) is 0 Å². The van der Waals surface area contributed by atoms with Gasteiger partial charge in [-0.1, -0.05) is 41.9 Å². The molecule has 0 radical (unpaired) electrons. The topological polar surface area (TPSA) is 20.2 Å². The molecular formula is C14H9ClOS. The Morgan fingerprint density at radius 1 is 0.882 bits per heavy atom. The molecule has 0 amide bonds. The van der Waals surface area contributed by atoms with Crippen molar-refractivity contribution in [2.75, 3.05) is 0 Å². The van der Waals surface area contributed by atoms with Crippen molar-refractivity contribution in [3.05, 3.63) is 52.9 Å². The molecule has 3 aromatic rings. The van der Waals surface area contributed by atoms with Crippen molar-refractivity contribution in [2.45, 2.75) is 0 Å². The summed E-state index contributed by atoms with van der Waals surface area (Å²) in [6.45, 7) is 0. The molecular weight excluding hydrogens is 252 g/mol. The SMILES string of the molecule is Oc1cccc2c(-c3ccc(Cl)s3)cccc12. The van der Waals surface area contributed by atoms with E-state index in [0.717, 1.165) is 25.5 Å². The number of hydrogen-bond acceptors (Lipinski definition) is 2. The molecule has 3 heteroatoms. The van der Waals surface area contributed by atoms with Crippen LogP contribution in [0.25, 0.3) is 21.2 Å². The highest BCUT2D eigenvalue weighted by Gasteiger charge is 2.07. The Kier molecular flexibility index (Phi) is 2.54. The average Bonchev–Trinajstić information content (AvgIpc) is 2.76. The van der Waals surface area contributed by atoms with Crippen molar-refractivity contribution >= 4 is 33.7 Å². The van der Waals surface area contributed by atoms with Crippen molar-refractivity contribution in [3.8, 4) is 16.2 Å². The van der Waals surface area contributed by atoms with Gasteiger partial charge in [-0.2, -0.15) is 0 Å². The molecule has 0 aliphatic heterocycles. The minimum absolute atomic E-state index is 0.312. The molecule has 0 saturated heterocycles. The zero-order chi connectivity index (χ0) is 11.8. The van der Waals surface area contributed by atoms with Gasteiger partial charge in [-0.3, -0.25) is 0 Å². The second-order valence-electron chi connectivity index (χ2n) is 3.78. The molecule has 3 rings (SSSR count). The third-order valence-electron chi connectivity index (χ3n) is 2.74. The van der Waals surface area contributed by atoms with Gasteiger partial charge in [0.05, 0.1) is 4.34 Å². The molecule has 1 heterocycles. The Labute approximate surface area is 108 Å². The van der Waals surface area contributed by atoms with Crippen LogP contribution in [-0.4, -0.2) is 5.11 Å².